The molecule has 0 aliphatic rings. The zero-order valence-electron chi connectivity index (χ0n) is 14.8. The first-order valence-corrected chi connectivity index (χ1v) is 8.50. The van der Waals surface area contributed by atoms with E-state index < -0.39 is 0 Å². The van der Waals surface area contributed by atoms with Gasteiger partial charge in [-0.25, -0.2) is 0 Å². The number of aryl methyl sites for hydroxylation is 1. The van der Waals surface area contributed by atoms with E-state index in [0.717, 1.165) is 25.0 Å². The van der Waals surface area contributed by atoms with Gasteiger partial charge in [-0.2, -0.15) is 10.6 Å². The van der Waals surface area contributed by atoms with Gasteiger partial charge in [-0.05, 0) is 50.5 Å². The minimum absolute atomic E-state index is 0.172. The van der Waals surface area contributed by atoms with E-state index in [1.54, 1.807) is 29.5 Å². The molecule has 0 saturated heterocycles. The molecule has 0 saturated carbocycles. The van der Waals surface area contributed by atoms with Gasteiger partial charge in [-0.3, -0.25) is 14.8 Å². The SMILES string of the molecule is C/C=C/N(CCCCc1ccc(NC(=O)Cc2ccccn2)nn1)N=N. The van der Waals surface area contributed by atoms with Crippen LogP contribution in [0.4, 0.5) is 5.82 Å². The Bertz CT molecular complexity index is 716. The molecule has 136 valence electrons. The van der Waals surface area contributed by atoms with Gasteiger partial charge < -0.3 is 5.32 Å². The lowest BCUT2D eigenvalue weighted by molar-refractivity contribution is -0.115. The summed E-state index contributed by atoms with van der Waals surface area (Å²) in [7, 11) is 0. The van der Waals surface area contributed by atoms with Crippen LogP contribution in [0.1, 0.15) is 31.2 Å². The van der Waals surface area contributed by atoms with Gasteiger partial charge in [0.25, 0.3) is 0 Å². The Balaban J connectivity index is 1.73. The van der Waals surface area contributed by atoms with Crippen LogP contribution in [-0.2, 0) is 17.6 Å². The summed E-state index contributed by atoms with van der Waals surface area (Å²) in [5, 5.41) is 15.9. The summed E-state index contributed by atoms with van der Waals surface area (Å²) < 4.78 is 0. The van der Waals surface area contributed by atoms with Gasteiger partial charge in [0.05, 0.1) is 12.1 Å². The molecular weight excluding hydrogens is 330 g/mol. The molecular formula is C18H23N7O. The van der Waals surface area contributed by atoms with Crippen molar-refractivity contribution in [3.63, 3.8) is 0 Å². The number of pyridine rings is 1. The largest absolute Gasteiger partial charge is 0.309 e. The molecule has 2 aromatic heterocycles. The summed E-state index contributed by atoms with van der Waals surface area (Å²) in [6.07, 6.45) is 8.10. The molecule has 1 amide bonds. The van der Waals surface area contributed by atoms with Gasteiger partial charge in [-0.15, -0.1) is 5.10 Å². The average molecular weight is 353 g/mol. The van der Waals surface area contributed by atoms with E-state index in [9.17, 15) is 4.79 Å². The number of nitrogens with zero attached hydrogens (tertiary/aromatic N) is 5. The Morgan fingerprint density at radius 2 is 2.12 bits per heavy atom. The van der Waals surface area contributed by atoms with Crippen LogP contribution in [0.15, 0.2) is 54.0 Å². The zero-order valence-corrected chi connectivity index (χ0v) is 14.8. The minimum atomic E-state index is -0.172. The fourth-order valence-electron chi connectivity index (χ4n) is 2.32. The third-order valence-corrected chi connectivity index (χ3v) is 3.57. The molecule has 2 aromatic rings. The lowest BCUT2D eigenvalue weighted by Gasteiger charge is -2.10. The standard InChI is InChI=1S/C18H23N7O/c1-2-12-25(24-19)13-6-4-7-15-9-10-17(23-22-15)21-18(26)14-16-8-3-5-11-20-16/h2-3,5,8-12,19H,4,6-7,13-14H2,1H3,(H,21,23,26)/b12-2+,24-19?. The summed E-state index contributed by atoms with van der Waals surface area (Å²) in [5.74, 6) is 0.260. The quantitative estimate of drug-likeness (QED) is 0.387. The fourth-order valence-corrected chi connectivity index (χ4v) is 2.32. The van der Waals surface area contributed by atoms with Crippen LogP contribution in [0, 0.1) is 5.53 Å². The highest BCUT2D eigenvalue weighted by Gasteiger charge is 2.06. The van der Waals surface area contributed by atoms with Gasteiger partial charge in [0.15, 0.2) is 5.82 Å². The van der Waals surface area contributed by atoms with Crippen molar-refractivity contribution in [2.75, 3.05) is 11.9 Å². The summed E-state index contributed by atoms with van der Waals surface area (Å²) in [6, 6.07) is 9.08. The van der Waals surface area contributed by atoms with Crippen LogP contribution < -0.4 is 5.32 Å². The topological polar surface area (TPSA) is 107 Å². The van der Waals surface area contributed by atoms with Crippen molar-refractivity contribution in [2.24, 2.45) is 5.22 Å². The van der Waals surface area contributed by atoms with Crippen LogP contribution in [-0.4, -0.2) is 32.6 Å². The molecule has 8 heteroatoms. The number of aromatic nitrogens is 3. The first kappa shape index (κ1) is 19.2. The van der Waals surface area contributed by atoms with Crippen molar-refractivity contribution in [3.8, 4) is 0 Å². The maximum absolute atomic E-state index is 12.0. The van der Waals surface area contributed by atoms with E-state index in [0.29, 0.717) is 18.1 Å². The number of anilines is 1. The molecule has 0 bridgehead atoms. The van der Waals surface area contributed by atoms with Crippen molar-refractivity contribution in [1.29, 1.82) is 5.53 Å². The Kier molecular flexibility index (Phi) is 7.85. The number of carbonyl (C=O) groups is 1. The summed E-state index contributed by atoms with van der Waals surface area (Å²) in [5.41, 5.74) is 8.63. The molecule has 0 atom stereocenters. The normalized spacial score (nSPS) is 10.7. The van der Waals surface area contributed by atoms with Crippen molar-refractivity contribution in [3.05, 3.63) is 60.2 Å². The van der Waals surface area contributed by atoms with E-state index in [1.807, 2.05) is 31.2 Å². The Labute approximate surface area is 152 Å². The highest BCUT2D eigenvalue weighted by molar-refractivity contribution is 5.90. The fraction of sp³-hybridized carbons (Fsp3) is 0.333. The molecule has 0 fully saturated rings. The highest BCUT2D eigenvalue weighted by Crippen LogP contribution is 2.07. The second-order valence-corrected chi connectivity index (χ2v) is 5.66. The molecule has 0 aromatic carbocycles. The first-order chi connectivity index (χ1) is 12.7. The lowest BCUT2D eigenvalue weighted by atomic mass is 10.2. The van der Waals surface area contributed by atoms with Crippen molar-refractivity contribution >= 4 is 11.7 Å². The lowest BCUT2D eigenvalue weighted by Crippen LogP contribution is -2.16. The number of hydrogen-bond donors (Lipinski definition) is 2. The second-order valence-electron chi connectivity index (χ2n) is 5.66. The van der Waals surface area contributed by atoms with Gasteiger partial charge in [0.1, 0.15) is 0 Å². The van der Waals surface area contributed by atoms with E-state index in [2.05, 4.69) is 25.7 Å². The third kappa shape index (κ3) is 6.76. The molecule has 26 heavy (non-hydrogen) atoms. The number of rotatable bonds is 10. The number of unbranched alkanes of at least 4 members (excludes halogenated alkanes) is 1. The third-order valence-electron chi connectivity index (χ3n) is 3.57. The summed E-state index contributed by atoms with van der Waals surface area (Å²) in [6.45, 7) is 2.59. The highest BCUT2D eigenvalue weighted by atomic mass is 16.1. The van der Waals surface area contributed by atoms with Crippen LogP contribution >= 0.6 is 0 Å². The molecule has 2 rings (SSSR count). The van der Waals surface area contributed by atoms with Crippen LogP contribution in [0.3, 0.4) is 0 Å². The summed E-state index contributed by atoms with van der Waals surface area (Å²) in [4.78, 5) is 16.1. The number of nitrogens with one attached hydrogen (secondary N) is 2. The maximum Gasteiger partial charge on any atom is 0.231 e. The van der Waals surface area contributed by atoms with Gasteiger partial charge in [0, 0.05) is 24.6 Å². The number of amides is 1. The smallest absolute Gasteiger partial charge is 0.231 e. The molecule has 8 nitrogen and oxygen atoms in total. The number of allylic oxidation sites excluding steroid dienone is 1. The van der Waals surface area contributed by atoms with Crippen molar-refractivity contribution in [1.82, 2.24) is 20.2 Å². The Morgan fingerprint density at radius 1 is 1.23 bits per heavy atom. The monoisotopic (exact) mass is 353 g/mol. The summed E-state index contributed by atoms with van der Waals surface area (Å²) >= 11 is 0. The van der Waals surface area contributed by atoms with Crippen LogP contribution in [0.25, 0.3) is 0 Å². The average Bonchev–Trinajstić information content (AvgIpc) is 2.66. The van der Waals surface area contributed by atoms with Crippen LogP contribution in [0.2, 0.25) is 0 Å². The Hall–Kier alpha value is -3.16. The van der Waals surface area contributed by atoms with E-state index >= 15 is 0 Å². The van der Waals surface area contributed by atoms with E-state index in [-0.39, 0.29) is 12.3 Å². The minimum Gasteiger partial charge on any atom is -0.309 e. The molecule has 2 heterocycles. The second kappa shape index (κ2) is 10.7. The molecule has 0 unspecified atom stereocenters. The zero-order chi connectivity index (χ0) is 18.6. The van der Waals surface area contributed by atoms with Gasteiger partial charge >= 0.3 is 0 Å². The number of carbonyl (C=O) groups excluding carboxylic acids is 1. The van der Waals surface area contributed by atoms with Crippen molar-refractivity contribution < 1.29 is 4.79 Å². The van der Waals surface area contributed by atoms with Gasteiger partial charge in [-0.1, -0.05) is 17.4 Å². The molecule has 0 aliphatic heterocycles. The van der Waals surface area contributed by atoms with E-state index in [1.165, 1.54) is 0 Å². The molecule has 0 radical (unpaired) electrons. The molecule has 0 aliphatic carbocycles. The van der Waals surface area contributed by atoms with E-state index in [4.69, 9.17) is 5.53 Å². The number of hydrogen-bond acceptors (Lipinski definition) is 6. The predicted octanol–water partition coefficient (Wildman–Crippen LogP) is 3.16. The molecule has 2 N–H and O–H groups in total. The predicted molar refractivity (Wildman–Crippen MR) is 98.2 cm³/mol. The maximum atomic E-state index is 12.0. The van der Waals surface area contributed by atoms with Crippen LogP contribution in [0.5, 0.6) is 0 Å². The first-order valence-electron chi connectivity index (χ1n) is 8.50. The molecule has 0 spiro atoms. The van der Waals surface area contributed by atoms with Crippen molar-refractivity contribution in [2.45, 2.75) is 32.6 Å². The Morgan fingerprint density at radius 3 is 2.77 bits per heavy atom. The van der Waals surface area contributed by atoms with Gasteiger partial charge in [0.2, 0.25) is 5.91 Å².